The van der Waals surface area contributed by atoms with Gasteiger partial charge in [-0.25, -0.2) is 22.6 Å². The zero-order chi connectivity index (χ0) is 33.8. The maximum absolute atomic E-state index is 12.4. The van der Waals surface area contributed by atoms with Crippen molar-refractivity contribution in [2.75, 3.05) is 0 Å². The van der Waals surface area contributed by atoms with Crippen LogP contribution < -0.4 is 0 Å². The SMILES string of the molecule is O=S(=O)(c1ccccc1)c1ccc(-c2noc(C(F)(F)F)n2)cn1.O=S(c1ccccc1)c1ccc(-c2noc(C(F)(F)F)n2)cn1. The number of pyridine rings is 2. The molecule has 0 spiro atoms. The van der Waals surface area contributed by atoms with Gasteiger partial charge >= 0.3 is 24.1 Å². The average Bonchev–Trinajstić information content (AvgIpc) is 3.78. The number of halogens is 6. The monoisotopic (exact) mass is 694 g/mol. The van der Waals surface area contributed by atoms with Crippen molar-refractivity contribution in [1.82, 2.24) is 30.2 Å². The number of rotatable bonds is 6. The van der Waals surface area contributed by atoms with E-state index in [1.165, 1.54) is 42.6 Å². The summed E-state index contributed by atoms with van der Waals surface area (Å²) >= 11 is 0. The minimum absolute atomic E-state index is 0.0594. The summed E-state index contributed by atoms with van der Waals surface area (Å²) in [7, 11) is -5.29. The summed E-state index contributed by atoms with van der Waals surface area (Å²) in [4.78, 5) is 14.9. The molecule has 6 aromatic rings. The van der Waals surface area contributed by atoms with Crippen LogP contribution in [0.4, 0.5) is 26.3 Å². The van der Waals surface area contributed by atoms with Gasteiger partial charge in [-0.15, -0.1) is 0 Å². The van der Waals surface area contributed by atoms with Crippen LogP contribution in [0.2, 0.25) is 0 Å². The Balaban J connectivity index is 0.000000185. The Labute approximate surface area is 262 Å². The van der Waals surface area contributed by atoms with Crippen LogP contribution in [0.1, 0.15) is 11.8 Å². The van der Waals surface area contributed by atoms with E-state index in [4.69, 9.17) is 0 Å². The van der Waals surface area contributed by atoms with E-state index in [0.717, 1.165) is 6.20 Å². The Hall–Kier alpha value is -5.30. The molecule has 11 nitrogen and oxygen atoms in total. The summed E-state index contributed by atoms with van der Waals surface area (Å²) in [5.74, 6) is -3.48. The van der Waals surface area contributed by atoms with Crippen LogP contribution in [0, 0.1) is 0 Å². The third-order valence-corrected chi connectivity index (χ3v) is 8.81. The summed E-state index contributed by atoms with van der Waals surface area (Å²) in [5.41, 5.74) is 0.333. The fraction of sp³-hybridized carbons (Fsp3) is 0.0714. The van der Waals surface area contributed by atoms with Gasteiger partial charge in [-0.3, -0.25) is 0 Å². The molecule has 0 radical (unpaired) electrons. The van der Waals surface area contributed by atoms with Crippen LogP contribution in [0.3, 0.4) is 0 Å². The molecule has 0 aliphatic carbocycles. The Morgan fingerprint density at radius 1 is 0.617 bits per heavy atom. The van der Waals surface area contributed by atoms with Gasteiger partial charge in [-0.2, -0.15) is 36.3 Å². The lowest BCUT2D eigenvalue weighted by Gasteiger charge is -2.03. The minimum atomic E-state index is -4.75. The lowest BCUT2D eigenvalue weighted by molar-refractivity contribution is -0.160. The Bertz CT molecular complexity index is 2090. The van der Waals surface area contributed by atoms with E-state index >= 15 is 0 Å². The lowest BCUT2D eigenvalue weighted by atomic mass is 10.3. The summed E-state index contributed by atoms with van der Waals surface area (Å²) in [5, 5.41) is 6.51. The molecule has 0 N–H and O–H groups in total. The van der Waals surface area contributed by atoms with Crippen LogP contribution in [-0.4, -0.2) is 42.9 Å². The van der Waals surface area contributed by atoms with E-state index in [2.05, 4.69) is 39.3 Å². The number of hydrogen-bond acceptors (Lipinski definition) is 11. The van der Waals surface area contributed by atoms with E-state index in [9.17, 15) is 39.0 Å². The molecular weight excluding hydrogens is 678 g/mol. The molecule has 47 heavy (non-hydrogen) atoms. The van der Waals surface area contributed by atoms with Gasteiger partial charge in [0.15, 0.2) is 5.03 Å². The van der Waals surface area contributed by atoms with Gasteiger partial charge in [0.1, 0.15) is 15.8 Å². The van der Waals surface area contributed by atoms with Crippen molar-refractivity contribution in [2.24, 2.45) is 0 Å². The lowest BCUT2D eigenvalue weighted by Crippen LogP contribution is -2.05. The number of alkyl halides is 6. The first-order valence-corrected chi connectivity index (χ1v) is 15.4. The van der Waals surface area contributed by atoms with Gasteiger partial charge in [-0.1, -0.05) is 46.7 Å². The predicted molar refractivity (Wildman–Crippen MR) is 148 cm³/mol. The van der Waals surface area contributed by atoms with Gasteiger partial charge in [0.25, 0.3) is 0 Å². The number of aromatic nitrogens is 6. The molecular formula is C28H16F6N6O5S2. The molecule has 19 heteroatoms. The third kappa shape index (κ3) is 7.75. The van der Waals surface area contributed by atoms with Gasteiger partial charge < -0.3 is 9.05 Å². The molecule has 0 aliphatic heterocycles. The zero-order valence-corrected chi connectivity index (χ0v) is 24.7. The molecule has 242 valence electrons. The number of benzene rings is 2. The summed E-state index contributed by atoms with van der Waals surface area (Å²) in [6.45, 7) is 0. The molecule has 6 rings (SSSR count). The van der Waals surface area contributed by atoms with E-state index in [-0.39, 0.29) is 37.7 Å². The highest BCUT2D eigenvalue weighted by Crippen LogP contribution is 2.31. The highest BCUT2D eigenvalue weighted by molar-refractivity contribution is 7.91. The fourth-order valence-corrected chi connectivity index (χ4v) is 5.77. The topological polar surface area (TPSA) is 155 Å². The fourth-order valence-electron chi connectivity index (χ4n) is 3.59. The van der Waals surface area contributed by atoms with E-state index < -0.39 is 44.8 Å². The zero-order valence-electron chi connectivity index (χ0n) is 23.0. The number of sulfone groups is 1. The highest BCUT2D eigenvalue weighted by Gasteiger charge is 2.39. The van der Waals surface area contributed by atoms with Gasteiger partial charge in [-0.05, 0) is 48.5 Å². The Kier molecular flexibility index (Phi) is 9.29. The van der Waals surface area contributed by atoms with Crippen molar-refractivity contribution in [1.29, 1.82) is 0 Å². The largest absolute Gasteiger partial charge is 0.471 e. The molecule has 0 amide bonds. The van der Waals surface area contributed by atoms with E-state index in [1.54, 1.807) is 48.5 Å². The molecule has 4 aromatic heterocycles. The van der Waals surface area contributed by atoms with Gasteiger partial charge in [0.2, 0.25) is 21.5 Å². The van der Waals surface area contributed by atoms with Gasteiger partial charge in [0, 0.05) is 28.4 Å². The molecule has 0 fully saturated rings. The van der Waals surface area contributed by atoms with Crippen molar-refractivity contribution < 1.29 is 48.0 Å². The van der Waals surface area contributed by atoms with Crippen LogP contribution in [-0.2, 0) is 33.0 Å². The maximum Gasteiger partial charge on any atom is 0.471 e. The van der Waals surface area contributed by atoms with Crippen molar-refractivity contribution in [3.8, 4) is 22.8 Å². The predicted octanol–water partition coefficient (Wildman–Crippen LogP) is 6.30. The molecule has 0 aliphatic rings. The second kappa shape index (κ2) is 13.2. The van der Waals surface area contributed by atoms with Crippen molar-refractivity contribution >= 4 is 20.6 Å². The maximum atomic E-state index is 12.4. The Morgan fingerprint density at radius 2 is 1.11 bits per heavy atom. The quantitative estimate of drug-likeness (QED) is 0.180. The third-order valence-electron chi connectivity index (χ3n) is 5.80. The summed E-state index contributed by atoms with van der Waals surface area (Å²) in [6.07, 6.45) is -7.13. The molecule has 0 saturated heterocycles. The first-order valence-electron chi connectivity index (χ1n) is 12.7. The molecule has 4 heterocycles. The van der Waals surface area contributed by atoms with Crippen LogP contribution in [0.15, 0.2) is 126 Å². The second-order valence-electron chi connectivity index (χ2n) is 9.01. The van der Waals surface area contributed by atoms with Crippen LogP contribution in [0.25, 0.3) is 22.8 Å². The standard InChI is InChI=1S/C14H8F3N3O3S.C14H8F3N3O2S/c15-14(16,17)13-19-12(20-23-13)9-6-7-11(18-8-9)24(21,22)10-4-2-1-3-5-10;15-14(16,17)13-19-12(20-22-13)9-6-7-11(18-8-9)23(21)10-4-2-1-3-5-10/h1-8H;1-8H. The van der Waals surface area contributed by atoms with Crippen molar-refractivity contribution in [2.45, 2.75) is 32.2 Å². The molecule has 1 atom stereocenters. The Morgan fingerprint density at radius 3 is 1.53 bits per heavy atom. The van der Waals surface area contributed by atoms with Crippen LogP contribution >= 0.6 is 0 Å². The normalized spacial score (nSPS) is 12.6. The number of hydrogen-bond donors (Lipinski definition) is 0. The summed E-state index contributed by atoms with van der Waals surface area (Å²) < 4.78 is 120. The average molecular weight is 695 g/mol. The van der Waals surface area contributed by atoms with Crippen molar-refractivity contribution in [3.05, 3.63) is 109 Å². The first kappa shape index (κ1) is 33.1. The van der Waals surface area contributed by atoms with E-state index in [1.807, 2.05) is 0 Å². The van der Waals surface area contributed by atoms with Crippen LogP contribution in [0.5, 0.6) is 0 Å². The van der Waals surface area contributed by atoms with E-state index in [0.29, 0.717) is 4.90 Å². The first-order chi connectivity index (χ1) is 22.2. The highest BCUT2D eigenvalue weighted by atomic mass is 32.2. The molecule has 0 bridgehead atoms. The van der Waals surface area contributed by atoms with Crippen molar-refractivity contribution in [3.63, 3.8) is 0 Å². The molecule has 0 saturated carbocycles. The molecule has 1 unspecified atom stereocenters. The van der Waals surface area contributed by atoms with Gasteiger partial charge in [0.05, 0.1) is 4.90 Å². The second-order valence-corrected chi connectivity index (χ2v) is 12.3. The smallest absolute Gasteiger partial charge is 0.329 e. The minimum Gasteiger partial charge on any atom is -0.329 e. The molecule has 2 aromatic carbocycles. The number of nitrogens with zero attached hydrogens (tertiary/aromatic N) is 6. The summed E-state index contributed by atoms with van der Waals surface area (Å²) in [6, 6.07) is 21.6.